The molecule has 0 spiro atoms. The normalized spacial score (nSPS) is 24.5. The average molecular weight is 644 g/mol. The number of piperazine rings is 1. The van der Waals surface area contributed by atoms with Gasteiger partial charge in [0.1, 0.15) is 18.6 Å². The smallest absolute Gasteiger partial charge is 0.411 e. The molecule has 0 bridgehead atoms. The van der Waals surface area contributed by atoms with Crippen molar-refractivity contribution in [2.24, 2.45) is 0 Å². The molecule has 0 saturated carbocycles. The number of halogens is 2. The summed E-state index contributed by atoms with van der Waals surface area (Å²) in [4.78, 5) is 51.5. The first-order valence-corrected chi connectivity index (χ1v) is 16.2. The van der Waals surface area contributed by atoms with Crippen molar-refractivity contribution < 1.29 is 14.3 Å². The number of aromatic amines is 1. The van der Waals surface area contributed by atoms with E-state index in [0.29, 0.717) is 48.6 Å². The molecular weight excluding hydrogens is 603 g/mol. The lowest BCUT2D eigenvalue weighted by Gasteiger charge is -2.56. The molecule has 3 aromatic rings. The fraction of sp³-hybridized carbons (Fsp3) is 0.531. The van der Waals surface area contributed by atoms with Crippen LogP contribution in [0.2, 0.25) is 10.0 Å². The van der Waals surface area contributed by atoms with Crippen LogP contribution < -0.4 is 5.69 Å². The van der Waals surface area contributed by atoms with Crippen molar-refractivity contribution >= 4 is 46.6 Å². The zero-order valence-corrected chi connectivity index (χ0v) is 26.6. The summed E-state index contributed by atoms with van der Waals surface area (Å²) in [7, 11) is 2.17. The van der Waals surface area contributed by atoms with Gasteiger partial charge in [0.05, 0.1) is 21.1 Å². The Morgan fingerprint density at radius 1 is 0.977 bits per heavy atom. The number of carbonyl (C=O) groups is 2. The summed E-state index contributed by atoms with van der Waals surface area (Å²) in [5, 5.41) is 0.823. The first-order chi connectivity index (χ1) is 21.3. The topological polar surface area (TPSA) is 94.1 Å². The second kappa shape index (κ2) is 13.2. The molecule has 3 aliphatic rings. The van der Waals surface area contributed by atoms with E-state index in [0.717, 1.165) is 61.9 Å². The number of likely N-dealkylation sites (tertiary alicyclic amines) is 2. The van der Waals surface area contributed by atoms with Gasteiger partial charge in [-0.15, -0.1) is 0 Å². The summed E-state index contributed by atoms with van der Waals surface area (Å²) in [6.07, 6.45) is 3.83. The van der Waals surface area contributed by atoms with Gasteiger partial charge in [-0.2, -0.15) is 0 Å². The summed E-state index contributed by atoms with van der Waals surface area (Å²) >= 11 is 12.3. The minimum Gasteiger partial charge on any atom is -0.444 e. The lowest BCUT2D eigenvalue weighted by atomic mass is 9.86. The second-order valence-electron chi connectivity index (χ2n) is 12.3. The van der Waals surface area contributed by atoms with Gasteiger partial charge in [0.15, 0.2) is 0 Å². The number of para-hydroxylation sites is 2. The van der Waals surface area contributed by atoms with Crippen molar-refractivity contribution in [1.82, 2.24) is 29.2 Å². The Kier molecular flexibility index (Phi) is 9.35. The zero-order chi connectivity index (χ0) is 30.8. The molecular formula is C32H40Cl2N6O4. The van der Waals surface area contributed by atoms with Gasteiger partial charge < -0.3 is 19.4 Å². The maximum absolute atomic E-state index is 13.9. The van der Waals surface area contributed by atoms with Crippen molar-refractivity contribution in [3.63, 3.8) is 0 Å². The molecule has 3 aliphatic heterocycles. The van der Waals surface area contributed by atoms with E-state index in [2.05, 4.69) is 26.7 Å². The number of imidazole rings is 1. The van der Waals surface area contributed by atoms with Crippen LogP contribution in [0.4, 0.5) is 4.79 Å². The van der Waals surface area contributed by atoms with Gasteiger partial charge >= 0.3 is 11.8 Å². The predicted octanol–water partition coefficient (Wildman–Crippen LogP) is 4.61. The minimum atomic E-state index is -0.934. The Morgan fingerprint density at radius 2 is 1.70 bits per heavy atom. The van der Waals surface area contributed by atoms with Crippen LogP contribution in [0, 0.1) is 0 Å². The number of nitrogens with one attached hydrogen (secondary N) is 1. The fourth-order valence-electron chi connectivity index (χ4n) is 7.47. The number of hydrogen-bond donors (Lipinski definition) is 1. The van der Waals surface area contributed by atoms with Crippen LogP contribution in [0.1, 0.15) is 43.7 Å². The number of nitrogens with zero attached hydrogens (tertiary/aromatic N) is 5. The molecule has 12 heteroatoms. The third-order valence-electron chi connectivity index (χ3n) is 9.82. The maximum Gasteiger partial charge on any atom is 0.411 e. The van der Waals surface area contributed by atoms with Crippen LogP contribution >= 0.6 is 23.2 Å². The molecule has 3 saturated heterocycles. The van der Waals surface area contributed by atoms with Crippen molar-refractivity contribution in [2.45, 2.75) is 56.5 Å². The Labute approximate surface area is 267 Å². The van der Waals surface area contributed by atoms with Gasteiger partial charge in [-0.25, -0.2) is 9.59 Å². The van der Waals surface area contributed by atoms with Crippen LogP contribution in [-0.4, -0.2) is 106 Å². The molecule has 1 amide bonds. The van der Waals surface area contributed by atoms with E-state index in [-0.39, 0.29) is 24.8 Å². The highest BCUT2D eigenvalue weighted by Gasteiger charge is 2.51. The molecule has 3 fully saturated rings. The van der Waals surface area contributed by atoms with Crippen molar-refractivity contribution in [1.29, 1.82) is 0 Å². The molecule has 44 heavy (non-hydrogen) atoms. The van der Waals surface area contributed by atoms with Crippen molar-refractivity contribution in [3.8, 4) is 0 Å². The number of benzene rings is 2. The Bertz CT molecular complexity index is 1540. The average Bonchev–Trinajstić information content (AvgIpc) is 3.37. The summed E-state index contributed by atoms with van der Waals surface area (Å²) in [5.74, 6) is 0. The van der Waals surface area contributed by atoms with Crippen LogP contribution in [0.5, 0.6) is 0 Å². The molecule has 6 rings (SSSR count). The highest BCUT2D eigenvalue weighted by atomic mass is 35.5. The quantitative estimate of drug-likeness (QED) is 0.376. The van der Waals surface area contributed by atoms with Gasteiger partial charge in [-0.3, -0.25) is 19.3 Å². The number of piperidine rings is 2. The summed E-state index contributed by atoms with van der Waals surface area (Å²) in [5.41, 5.74) is 1.20. The molecule has 1 aromatic heterocycles. The molecule has 2 atom stereocenters. The fourth-order valence-corrected chi connectivity index (χ4v) is 7.79. The van der Waals surface area contributed by atoms with Crippen LogP contribution in [-0.2, 0) is 16.1 Å². The Balaban J connectivity index is 1.28. The summed E-state index contributed by atoms with van der Waals surface area (Å²) in [6.45, 7) is 5.72. The van der Waals surface area contributed by atoms with Crippen molar-refractivity contribution in [3.05, 3.63) is 68.6 Å². The second-order valence-corrected chi connectivity index (χ2v) is 13.1. The number of rotatable bonds is 7. The highest BCUT2D eigenvalue weighted by molar-refractivity contribution is 6.42. The first-order valence-electron chi connectivity index (χ1n) is 15.5. The van der Waals surface area contributed by atoms with E-state index >= 15 is 0 Å². The summed E-state index contributed by atoms with van der Waals surface area (Å²) in [6, 6.07) is 13.1. The molecule has 0 radical (unpaired) electrons. The standard InChI is InChI=1S/C32H40Cl2N6O4/c1-36-12-8-24(9-13-36)37-15-17-38(18-16-37)32(11-19-41)21-25(40-29-5-3-2-4-28(29)35-30(40)42)10-14-39(32)31(43)44-22-23-6-7-26(33)27(34)20-23/h2-7,19-20,24-25H,8-18,21-22H2,1H3,(H,35,42)/t25-,32+/m1/s1. The number of carbonyl (C=O) groups excluding carboxylic acids is 2. The zero-order valence-electron chi connectivity index (χ0n) is 25.1. The van der Waals surface area contributed by atoms with Gasteiger partial charge in [0.2, 0.25) is 0 Å². The number of aromatic nitrogens is 2. The molecule has 0 aliphatic carbocycles. The number of hydrogen-bond acceptors (Lipinski definition) is 7. The maximum atomic E-state index is 13.9. The van der Waals surface area contributed by atoms with E-state index in [9.17, 15) is 14.4 Å². The third-order valence-corrected chi connectivity index (χ3v) is 10.6. The Morgan fingerprint density at radius 3 is 2.43 bits per heavy atom. The van der Waals surface area contributed by atoms with Crippen LogP contribution in [0.3, 0.4) is 0 Å². The largest absolute Gasteiger partial charge is 0.444 e. The predicted molar refractivity (Wildman–Crippen MR) is 171 cm³/mol. The lowest BCUT2D eigenvalue weighted by Crippen LogP contribution is -2.69. The molecule has 4 heterocycles. The lowest BCUT2D eigenvalue weighted by molar-refractivity contribution is -0.129. The number of H-pyrrole nitrogens is 1. The van der Waals surface area contributed by atoms with Gasteiger partial charge in [0, 0.05) is 57.6 Å². The minimum absolute atomic E-state index is 0.0264. The summed E-state index contributed by atoms with van der Waals surface area (Å²) < 4.78 is 7.66. The van der Waals surface area contributed by atoms with Crippen LogP contribution in [0.15, 0.2) is 47.3 Å². The van der Waals surface area contributed by atoms with E-state index in [1.165, 1.54) is 0 Å². The molecule has 2 aromatic carbocycles. The van der Waals surface area contributed by atoms with Gasteiger partial charge in [-0.1, -0.05) is 41.4 Å². The van der Waals surface area contributed by atoms with E-state index < -0.39 is 11.8 Å². The number of fused-ring (bicyclic) bond motifs is 1. The highest BCUT2D eigenvalue weighted by Crippen LogP contribution is 2.41. The molecule has 10 nitrogen and oxygen atoms in total. The van der Waals surface area contributed by atoms with Crippen LogP contribution in [0.25, 0.3) is 11.0 Å². The third kappa shape index (κ3) is 6.15. The number of ether oxygens (including phenoxy) is 1. The van der Waals surface area contributed by atoms with Gasteiger partial charge in [0.25, 0.3) is 0 Å². The first kappa shape index (κ1) is 31.1. The Hall–Kier alpha value is -2.89. The van der Waals surface area contributed by atoms with E-state index in [1.807, 2.05) is 28.8 Å². The number of amides is 1. The monoisotopic (exact) mass is 642 g/mol. The van der Waals surface area contributed by atoms with E-state index in [4.69, 9.17) is 27.9 Å². The molecule has 1 N–H and O–H groups in total. The SMILES string of the molecule is CN1CCC(N2CCN([C@]3(CC=O)C[C@H](n4c(=O)[nH]c5ccccc54)CCN3C(=O)OCc3ccc(Cl)c(Cl)c3)CC2)CC1. The molecule has 0 unspecified atom stereocenters. The molecule has 236 valence electrons. The van der Waals surface area contributed by atoms with E-state index in [1.54, 1.807) is 23.1 Å². The van der Waals surface area contributed by atoms with Crippen molar-refractivity contribution in [2.75, 3.05) is 52.9 Å². The number of aldehydes is 1. The van der Waals surface area contributed by atoms with Gasteiger partial charge in [-0.05, 0) is 69.2 Å².